The molecule has 0 bridgehead atoms. The summed E-state index contributed by atoms with van der Waals surface area (Å²) < 4.78 is 5.81. The zero-order chi connectivity index (χ0) is 20.0. The molecule has 3 aromatic rings. The van der Waals surface area contributed by atoms with Gasteiger partial charge in [-0.1, -0.05) is 30.3 Å². The van der Waals surface area contributed by atoms with Crippen molar-refractivity contribution in [1.29, 1.82) is 0 Å². The minimum absolute atomic E-state index is 0.0457. The third-order valence-corrected chi connectivity index (χ3v) is 6.60. The van der Waals surface area contributed by atoms with Crippen molar-refractivity contribution in [2.75, 3.05) is 0 Å². The lowest BCUT2D eigenvalue weighted by atomic mass is 9.80. The molecule has 1 amide bonds. The third kappa shape index (κ3) is 3.18. The van der Waals surface area contributed by atoms with Crippen molar-refractivity contribution < 1.29 is 9.53 Å². The van der Waals surface area contributed by atoms with Gasteiger partial charge in [-0.05, 0) is 68.7 Å². The Morgan fingerprint density at radius 1 is 1.07 bits per heavy atom. The molecule has 1 N–H and O–H groups in total. The maximum Gasteiger partial charge on any atom is 0.411 e. The van der Waals surface area contributed by atoms with Crippen LogP contribution in [-0.4, -0.2) is 32.6 Å². The smallest absolute Gasteiger partial charge is 0.411 e. The number of rotatable bonds is 3. The van der Waals surface area contributed by atoms with Gasteiger partial charge >= 0.3 is 6.09 Å². The largest absolute Gasteiger partial charge is 0.441 e. The SMILES string of the molecule is CC1(C)OC(=O)N([C@H]2CC[C@@H](c3cnc4[nH]ccc4c3)CC2)[C@H]1c1ccccc1. The van der Waals surface area contributed by atoms with Gasteiger partial charge in [-0.15, -0.1) is 0 Å². The van der Waals surface area contributed by atoms with Gasteiger partial charge in [0.25, 0.3) is 0 Å². The van der Waals surface area contributed by atoms with Crippen LogP contribution >= 0.6 is 0 Å². The predicted octanol–water partition coefficient (Wildman–Crippen LogP) is 5.56. The summed E-state index contributed by atoms with van der Waals surface area (Å²) in [4.78, 5) is 22.6. The van der Waals surface area contributed by atoms with Gasteiger partial charge in [0.15, 0.2) is 0 Å². The molecular weight excluding hydrogens is 362 g/mol. The predicted molar refractivity (Wildman–Crippen MR) is 113 cm³/mol. The van der Waals surface area contributed by atoms with E-state index in [1.807, 2.05) is 49.3 Å². The molecule has 1 saturated heterocycles. The van der Waals surface area contributed by atoms with Crippen molar-refractivity contribution in [2.24, 2.45) is 0 Å². The van der Waals surface area contributed by atoms with Crippen LogP contribution in [0.3, 0.4) is 0 Å². The molecule has 0 radical (unpaired) electrons. The van der Waals surface area contributed by atoms with Crippen molar-refractivity contribution in [3.63, 3.8) is 0 Å². The molecule has 1 aliphatic heterocycles. The van der Waals surface area contributed by atoms with E-state index in [4.69, 9.17) is 4.74 Å². The molecule has 2 fully saturated rings. The maximum absolute atomic E-state index is 12.8. The fraction of sp³-hybridized carbons (Fsp3) is 0.417. The van der Waals surface area contributed by atoms with Gasteiger partial charge in [0.1, 0.15) is 11.2 Å². The summed E-state index contributed by atoms with van der Waals surface area (Å²) in [6.45, 7) is 4.04. The summed E-state index contributed by atoms with van der Waals surface area (Å²) in [7, 11) is 0. The first-order valence-corrected chi connectivity index (χ1v) is 10.5. The van der Waals surface area contributed by atoms with Crippen molar-refractivity contribution >= 4 is 17.1 Å². The van der Waals surface area contributed by atoms with Gasteiger partial charge in [-0.3, -0.25) is 4.90 Å². The molecule has 1 aliphatic carbocycles. The van der Waals surface area contributed by atoms with Gasteiger partial charge in [-0.2, -0.15) is 0 Å². The molecular formula is C24H27N3O2. The number of aromatic amines is 1. The number of benzene rings is 1. The fourth-order valence-electron chi connectivity index (χ4n) is 5.20. The Kier molecular flexibility index (Phi) is 4.34. The van der Waals surface area contributed by atoms with Crippen LogP contribution in [0.4, 0.5) is 4.79 Å². The minimum Gasteiger partial charge on any atom is -0.441 e. The van der Waals surface area contributed by atoms with E-state index in [9.17, 15) is 4.79 Å². The summed E-state index contributed by atoms with van der Waals surface area (Å²) in [6, 6.07) is 14.8. The number of carbonyl (C=O) groups is 1. The Morgan fingerprint density at radius 3 is 2.59 bits per heavy atom. The third-order valence-electron chi connectivity index (χ3n) is 6.60. The number of nitrogens with one attached hydrogen (secondary N) is 1. The molecule has 1 saturated carbocycles. The van der Waals surface area contributed by atoms with Crippen molar-refractivity contribution in [3.05, 3.63) is 66.0 Å². The molecule has 0 unspecified atom stereocenters. The van der Waals surface area contributed by atoms with E-state index in [0.717, 1.165) is 36.9 Å². The lowest BCUT2D eigenvalue weighted by molar-refractivity contribution is 0.0664. The van der Waals surface area contributed by atoms with E-state index in [0.29, 0.717) is 5.92 Å². The zero-order valence-corrected chi connectivity index (χ0v) is 17.0. The minimum atomic E-state index is -0.529. The van der Waals surface area contributed by atoms with Crippen LogP contribution in [0.25, 0.3) is 11.0 Å². The Labute approximate surface area is 171 Å². The lowest BCUT2D eigenvalue weighted by Gasteiger charge is -2.38. The molecule has 29 heavy (non-hydrogen) atoms. The van der Waals surface area contributed by atoms with Gasteiger partial charge in [0.05, 0.1) is 6.04 Å². The quantitative estimate of drug-likeness (QED) is 0.638. The maximum atomic E-state index is 12.8. The normalized spacial score (nSPS) is 26.6. The number of H-pyrrole nitrogens is 1. The molecule has 5 rings (SSSR count). The summed E-state index contributed by atoms with van der Waals surface area (Å²) in [5.41, 5.74) is 2.86. The Bertz CT molecular complexity index is 1020. The standard InChI is InChI=1S/C24H27N3O2/c1-24(2)21(17-6-4-3-5-7-17)27(23(28)29-24)20-10-8-16(9-11-20)19-14-18-12-13-25-22(18)26-15-19/h3-7,12-16,20-21H,8-11H2,1-2H3,(H,25,26)/t16-,20+,21-/m0/s1. The highest BCUT2D eigenvalue weighted by molar-refractivity contribution is 5.76. The van der Waals surface area contributed by atoms with Crippen LogP contribution in [0.1, 0.15) is 62.6 Å². The van der Waals surface area contributed by atoms with Crippen LogP contribution in [0.2, 0.25) is 0 Å². The molecule has 1 aromatic carbocycles. The fourth-order valence-corrected chi connectivity index (χ4v) is 5.20. The monoisotopic (exact) mass is 389 g/mol. The van der Waals surface area contributed by atoms with Crippen LogP contribution in [0, 0.1) is 0 Å². The number of amides is 1. The number of fused-ring (bicyclic) bond motifs is 1. The highest BCUT2D eigenvalue weighted by Gasteiger charge is 2.51. The number of nitrogens with zero attached hydrogens (tertiary/aromatic N) is 2. The summed E-state index contributed by atoms with van der Waals surface area (Å²) in [5.74, 6) is 0.500. The number of aromatic nitrogens is 2. The first-order chi connectivity index (χ1) is 14.0. The second-order valence-corrected chi connectivity index (χ2v) is 8.88. The summed E-state index contributed by atoms with van der Waals surface area (Å²) >= 11 is 0. The molecule has 2 aliphatic rings. The molecule has 5 nitrogen and oxygen atoms in total. The summed E-state index contributed by atoms with van der Waals surface area (Å²) in [5, 5.41) is 1.17. The average molecular weight is 389 g/mol. The molecule has 1 atom stereocenters. The van der Waals surface area contributed by atoms with Gasteiger partial charge in [-0.25, -0.2) is 9.78 Å². The van der Waals surface area contributed by atoms with Crippen molar-refractivity contribution in [2.45, 2.75) is 63.1 Å². The Balaban J connectivity index is 1.35. The zero-order valence-electron chi connectivity index (χ0n) is 17.0. The van der Waals surface area contributed by atoms with E-state index in [-0.39, 0.29) is 18.2 Å². The lowest BCUT2D eigenvalue weighted by Crippen LogP contribution is -2.42. The first kappa shape index (κ1) is 18.2. The van der Waals surface area contributed by atoms with Crippen molar-refractivity contribution in [1.82, 2.24) is 14.9 Å². The van der Waals surface area contributed by atoms with Crippen molar-refractivity contribution in [3.8, 4) is 0 Å². The number of carbonyl (C=O) groups excluding carboxylic acids is 1. The van der Waals surface area contributed by atoms with Crippen LogP contribution in [0.5, 0.6) is 0 Å². The number of cyclic esters (lactones) is 1. The average Bonchev–Trinajstić information content (AvgIpc) is 3.29. The van der Waals surface area contributed by atoms with Crippen LogP contribution in [-0.2, 0) is 4.74 Å². The van der Waals surface area contributed by atoms with Gasteiger partial charge in [0, 0.05) is 23.8 Å². The first-order valence-electron chi connectivity index (χ1n) is 10.5. The number of hydrogen-bond donors (Lipinski definition) is 1. The van der Waals surface area contributed by atoms with Crippen LogP contribution < -0.4 is 0 Å². The van der Waals surface area contributed by atoms with E-state index in [1.54, 1.807) is 0 Å². The highest BCUT2D eigenvalue weighted by Crippen LogP contribution is 2.46. The second kappa shape index (κ2) is 6.90. The second-order valence-electron chi connectivity index (χ2n) is 8.88. The van der Waals surface area contributed by atoms with Crippen LogP contribution in [0.15, 0.2) is 54.9 Å². The molecule has 0 spiro atoms. The van der Waals surface area contributed by atoms with Gasteiger partial charge in [0.2, 0.25) is 0 Å². The van der Waals surface area contributed by atoms with E-state index < -0.39 is 5.60 Å². The highest BCUT2D eigenvalue weighted by atomic mass is 16.6. The topological polar surface area (TPSA) is 58.2 Å². The molecule has 2 aromatic heterocycles. The van der Waals surface area contributed by atoms with E-state index in [1.165, 1.54) is 10.9 Å². The molecule has 5 heteroatoms. The number of hydrogen-bond acceptors (Lipinski definition) is 3. The Hall–Kier alpha value is -2.82. The van der Waals surface area contributed by atoms with E-state index >= 15 is 0 Å². The molecule has 150 valence electrons. The molecule has 3 heterocycles. The number of pyridine rings is 1. The Morgan fingerprint density at radius 2 is 1.83 bits per heavy atom. The van der Waals surface area contributed by atoms with Gasteiger partial charge < -0.3 is 9.72 Å². The number of ether oxygens (including phenoxy) is 1. The van der Waals surface area contributed by atoms with E-state index in [2.05, 4.69) is 34.2 Å². The summed E-state index contributed by atoms with van der Waals surface area (Å²) in [6.07, 6.45) is 7.87.